The van der Waals surface area contributed by atoms with Crippen molar-refractivity contribution < 1.29 is 59.4 Å². The molecule has 0 aromatic heterocycles. The van der Waals surface area contributed by atoms with E-state index in [-0.39, 0.29) is 25.9 Å². The molecular formula is C19H34O12. The number of hydrogen-bond acceptors (Lipinski definition) is 12. The summed E-state index contributed by atoms with van der Waals surface area (Å²) in [6, 6.07) is 0. The van der Waals surface area contributed by atoms with Crippen LogP contribution in [0.3, 0.4) is 0 Å². The molecule has 7 N–H and O–H groups in total. The van der Waals surface area contributed by atoms with Gasteiger partial charge in [0.1, 0.15) is 30.5 Å². The molecule has 3 rings (SSSR count). The number of rotatable bonds is 7. The molecule has 12 heteroatoms. The fourth-order valence-corrected chi connectivity index (χ4v) is 4.30. The molecule has 3 aliphatic rings. The molecule has 0 aromatic carbocycles. The minimum Gasteiger partial charge on any atom is -0.394 e. The average Bonchev–Trinajstić information content (AvgIpc) is 2.74. The Bertz CT molecular complexity index is 540. The Morgan fingerprint density at radius 3 is 1.81 bits per heavy atom. The topological polar surface area (TPSA) is 188 Å². The van der Waals surface area contributed by atoms with Crippen molar-refractivity contribution in [3.8, 4) is 0 Å². The molecular weight excluding hydrogens is 420 g/mol. The highest BCUT2D eigenvalue weighted by atomic mass is 16.7. The third-order valence-electron chi connectivity index (χ3n) is 5.98. The zero-order chi connectivity index (χ0) is 22.7. The summed E-state index contributed by atoms with van der Waals surface area (Å²) in [5, 5.41) is 69.0. The molecule has 0 amide bonds. The molecule has 3 heterocycles. The molecule has 0 spiro atoms. The SMILES string of the molecule is C[C@H]1O[C@H](CO)C[C@H](O)[C@@H]1O[C@H]1C[C@@H](O)C(O[C@H]2C[C@@H](O)[C@@H](O)[C@@H](CO)O2)[C@@H](CO)O1. The summed E-state index contributed by atoms with van der Waals surface area (Å²) >= 11 is 0. The largest absolute Gasteiger partial charge is 0.394 e. The second-order valence-electron chi connectivity index (χ2n) is 8.32. The number of aliphatic hydroxyl groups is 7. The second kappa shape index (κ2) is 11.1. The summed E-state index contributed by atoms with van der Waals surface area (Å²) in [7, 11) is 0. The fourth-order valence-electron chi connectivity index (χ4n) is 4.30. The van der Waals surface area contributed by atoms with Gasteiger partial charge in [-0.15, -0.1) is 0 Å². The number of ether oxygens (including phenoxy) is 5. The van der Waals surface area contributed by atoms with Gasteiger partial charge in [-0.2, -0.15) is 0 Å². The molecule has 3 aliphatic heterocycles. The Kier molecular flexibility index (Phi) is 9.00. The molecule has 182 valence electrons. The van der Waals surface area contributed by atoms with Gasteiger partial charge in [-0.3, -0.25) is 0 Å². The van der Waals surface area contributed by atoms with Crippen LogP contribution in [0.25, 0.3) is 0 Å². The van der Waals surface area contributed by atoms with E-state index >= 15 is 0 Å². The van der Waals surface area contributed by atoms with Crippen molar-refractivity contribution in [1.82, 2.24) is 0 Å². The number of hydrogen-bond donors (Lipinski definition) is 7. The monoisotopic (exact) mass is 454 g/mol. The van der Waals surface area contributed by atoms with Crippen molar-refractivity contribution >= 4 is 0 Å². The smallest absolute Gasteiger partial charge is 0.161 e. The van der Waals surface area contributed by atoms with Crippen molar-refractivity contribution in [2.24, 2.45) is 0 Å². The van der Waals surface area contributed by atoms with Crippen molar-refractivity contribution in [3.05, 3.63) is 0 Å². The lowest BCUT2D eigenvalue weighted by atomic mass is 9.97. The summed E-state index contributed by atoms with van der Waals surface area (Å²) in [4.78, 5) is 0. The van der Waals surface area contributed by atoms with Gasteiger partial charge in [-0.25, -0.2) is 0 Å². The minimum atomic E-state index is -1.26. The van der Waals surface area contributed by atoms with Gasteiger partial charge in [0, 0.05) is 19.3 Å². The van der Waals surface area contributed by atoms with Crippen molar-refractivity contribution in [3.63, 3.8) is 0 Å². The van der Waals surface area contributed by atoms with Gasteiger partial charge in [0.05, 0.1) is 50.3 Å². The van der Waals surface area contributed by atoms with Crippen LogP contribution >= 0.6 is 0 Å². The van der Waals surface area contributed by atoms with Crippen LogP contribution in [0, 0.1) is 0 Å². The van der Waals surface area contributed by atoms with E-state index in [0.717, 1.165) is 0 Å². The fraction of sp³-hybridized carbons (Fsp3) is 1.00. The maximum Gasteiger partial charge on any atom is 0.161 e. The van der Waals surface area contributed by atoms with E-state index in [2.05, 4.69) is 0 Å². The zero-order valence-corrected chi connectivity index (χ0v) is 17.3. The van der Waals surface area contributed by atoms with Gasteiger partial charge in [0.15, 0.2) is 12.6 Å². The first kappa shape index (κ1) is 25.1. The normalized spacial score (nSPS) is 49.2. The van der Waals surface area contributed by atoms with E-state index in [1.807, 2.05) is 0 Å². The van der Waals surface area contributed by atoms with Crippen LogP contribution in [0.2, 0.25) is 0 Å². The molecule has 12 nitrogen and oxygen atoms in total. The zero-order valence-electron chi connectivity index (χ0n) is 17.3. The first-order valence-electron chi connectivity index (χ1n) is 10.6. The van der Waals surface area contributed by atoms with Gasteiger partial charge < -0.3 is 59.4 Å². The van der Waals surface area contributed by atoms with Crippen LogP contribution < -0.4 is 0 Å². The highest BCUT2D eigenvalue weighted by molar-refractivity contribution is 4.89. The average molecular weight is 454 g/mol. The highest BCUT2D eigenvalue weighted by Gasteiger charge is 2.45. The first-order valence-corrected chi connectivity index (χ1v) is 10.6. The molecule has 0 aliphatic carbocycles. The Labute approximate surface area is 179 Å². The third kappa shape index (κ3) is 5.91. The van der Waals surface area contributed by atoms with Crippen LogP contribution in [-0.4, -0.2) is 129 Å². The van der Waals surface area contributed by atoms with Gasteiger partial charge in [0.25, 0.3) is 0 Å². The molecule has 0 saturated carbocycles. The van der Waals surface area contributed by atoms with Crippen molar-refractivity contribution in [1.29, 1.82) is 0 Å². The quantitative estimate of drug-likeness (QED) is 0.202. The molecule has 31 heavy (non-hydrogen) atoms. The van der Waals surface area contributed by atoms with E-state index in [1.165, 1.54) is 0 Å². The lowest BCUT2D eigenvalue weighted by Gasteiger charge is -2.45. The van der Waals surface area contributed by atoms with Crippen LogP contribution in [0.4, 0.5) is 0 Å². The molecule has 3 fully saturated rings. The lowest BCUT2D eigenvalue weighted by Crippen LogP contribution is -2.58. The van der Waals surface area contributed by atoms with Gasteiger partial charge in [0.2, 0.25) is 0 Å². The molecule has 1 unspecified atom stereocenters. The lowest BCUT2D eigenvalue weighted by molar-refractivity contribution is -0.334. The van der Waals surface area contributed by atoms with Gasteiger partial charge in [-0.05, 0) is 6.92 Å². The van der Waals surface area contributed by atoms with E-state index < -0.39 is 86.8 Å². The molecule has 3 saturated heterocycles. The standard InChI is InChI=1S/C19H34O12/c1-8-18(11(24)2-9(5-20)27-8)30-16-4-12(25)19(14(7-22)29-16)31-15-3-10(23)17(26)13(6-21)28-15/h8-26H,2-7H2,1H3/t8-,9+,10-,11+,12-,13-,14-,15+,16+,17-,18-,19?/m1/s1. The summed E-state index contributed by atoms with van der Waals surface area (Å²) < 4.78 is 28.3. The first-order chi connectivity index (χ1) is 14.8. The highest BCUT2D eigenvalue weighted by Crippen LogP contribution is 2.31. The second-order valence-corrected chi connectivity index (χ2v) is 8.32. The molecule has 0 aromatic rings. The predicted octanol–water partition coefficient (Wildman–Crippen LogP) is -3.42. The van der Waals surface area contributed by atoms with Crippen LogP contribution in [0.1, 0.15) is 26.2 Å². The van der Waals surface area contributed by atoms with E-state index in [9.17, 15) is 35.7 Å². The van der Waals surface area contributed by atoms with Crippen LogP contribution in [0.15, 0.2) is 0 Å². The molecule has 0 radical (unpaired) electrons. The van der Waals surface area contributed by atoms with E-state index in [0.29, 0.717) is 0 Å². The number of aliphatic hydroxyl groups excluding tert-OH is 7. The Balaban J connectivity index is 1.58. The van der Waals surface area contributed by atoms with Gasteiger partial charge >= 0.3 is 0 Å². The predicted molar refractivity (Wildman–Crippen MR) is 101 cm³/mol. The Morgan fingerprint density at radius 2 is 1.23 bits per heavy atom. The maximum atomic E-state index is 10.6. The van der Waals surface area contributed by atoms with E-state index in [4.69, 9.17) is 23.7 Å². The van der Waals surface area contributed by atoms with Gasteiger partial charge in [-0.1, -0.05) is 0 Å². The Hall–Kier alpha value is -0.480. The van der Waals surface area contributed by atoms with Crippen molar-refractivity contribution in [2.45, 2.75) is 99.8 Å². The molecule has 0 bridgehead atoms. The molecule has 12 atom stereocenters. The summed E-state index contributed by atoms with van der Waals surface area (Å²) in [6.45, 7) is 0.448. The van der Waals surface area contributed by atoms with E-state index in [1.54, 1.807) is 6.92 Å². The summed E-state index contributed by atoms with van der Waals surface area (Å²) in [6.07, 6.45) is -11.2. The van der Waals surface area contributed by atoms with Crippen molar-refractivity contribution in [2.75, 3.05) is 19.8 Å². The summed E-state index contributed by atoms with van der Waals surface area (Å²) in [5.41, 5.74) is 0. The van der Waals surface area contributed by atoms with Crippen LogP contribution in [0.5, 0.6) is 0 Å². The van der Waals surface area contributed by atoms with Crippen LogP contribution in [-0.2, 0) is 23.7 Å². The third-order valence-corrected chi connectivity index (χ3v) is 5.98. The maximum absolute atomic E-state index is 10.6. The Morgan fingerprint density at radius 1 is 0.677 bits per heavy atom. The minimum absolute atomic E-state index is 0.0259. The summed E-state index contributed by atoms with van der Waals surface area (Å²) in [5.74, 6) is 0.